The van der Waals surface area contributed by atoms with Crippen LogP contribution in [-0.4, -0.2) is 15.9 Å². The van der Waals surface area contributed by atoms with Crippen LogP contribution in [0.25, 0.3) is 0 Å². The number of anilines is 1. The van der Waals surface area contributed by atoms with Crippen LogP contribution in [0.15, 0.2) is 41.5 Å². The molecule has 0 aliphatic carbocycles. The summed E-state index contributed by atoms with van der Waals surface area (Å²) >= 11 is 2.12. The molecule has 0 unspecified atom stereocenters. The van der Waals surface area contributed by atoms with Crippen LogP contribution in [0.1, 0.15) is 10.4 Å². The first-order valence-electron chi connectivity index (χ1n) is 4.77. The Morgan fingerprint density at radius 3 is 2.82 bits per heavy atom. The summed E-state index contributed by atoms with van der Waals surface area (Å²) in [5, 5.41) is 2.55. The molecule has 0 spiro atoms. The molecule has 5 nitrogen and oxygen atoms in total. The van der Waals surface area contributed by atoms with Crippen molar-refractivity contribution in [3.63, 3.8) is 0 Å². The molecule has 0 saturated carbocycles. The molecule has 1 amide bonds. The number of pyridine rings is 2. The van der Waals surface area contributed by atoms with E-state index in [4.69, 9.17) is 0 Å². The lowest BCUT2D eigenvalue weighted by atomic mass is 10.2. The highest BCUT2D eigenvalue weighted by atomic mass is 127. The maximum absolute atomic E-state index is 11.7. The van der Waals surface area contributed by atoms with E-state index in [-0.39, 0.29) is 5.56 Å². The number of nitrogens with one attached hydrogen (secondary N) is 2. The monoisotopic (exact) mass is 341 g/mol. The van der Waals surface area contributed by atoms with Crippen molar-refractivity contribution in [3.8, 4) is 0 Å². The Labute approximate surface area is 110 Å². The highest BCUT2D eigenvalue weighted by Gasteiger charge is 2.09. The fourth-order valence-electron chi connectivity index (χ4n) is 1.23. The van der Waals surface area contributed by atoms with Crippen molar-refractivity contribution in [1.82, 2.24) is 9.97 Å². The smallest absolute Gasteiger partial charge is 0.262 e. The number of halogens is 1. The van der Waals surface area contributed by atoms with Crippen LogP contribution in [0.5, 0.6) is 0 Å². The average Bonchev–Trinajstić information content (AvgIpc) is 2.32. The number of amides is 1. The Balaban J connectivity index is 2.20. The number of hydrogen-bond acceptors (Lipinski definition) is 3. The molecular weight excluding hydrogens is 333 g/mol. The van der Waals surface area contributed by atoms with Gasteiger partial charge in [0.05, 0.1) is 0 Å². The molecule has 6 heteroatoms. The van der Waals surface area contributed by atoms with Gasteiger partial charge >= 0.3 is 0 Å². The van der Waals surface area contributed by atoms with Gasteiger partial charge in [0, 0.05) is 16.0 Å². The zero-order valence-corrected chi connectivity index (χ0v) is 10.8. The fourth-order valence-corrected chi connectivity index (χ4v) is 1.55. The molecule has 2 aromatic rings. The molecule has 0 aliphatic heterocycles. The van der Waals surface area contributed by atoms with Crippen LogP contribution in [0, 0.1) is 3.57 Å². The molecule has 0 bridgehead atoms. The largest absolute Gasteiger partial charge is 0.328 e. The molecule has 0 atom stereocenters. The Morgan fingerprint density at radius 2 is 2.18 bits per heavy atom. The number of carbonyl (C=O) groups excluding carboxylic acids is 1. The highest BCUT2D eigenvalue weighted by molar-refractivity contribution is 14.1. The molecule has 2 rings (SSSR count). The molecule has 2 N–H and O–H groups in total. The molecule has 0 fully saturated rings. The summed E-state index contributed by atoms with van der Waals surface area (Å²) in [5.41, 5.74) is -0.358. The van der Waals surface area contributed by atoms with Gasteiger partial charge in [-0.3, -0.25) is 9.59 Å². The second-order valence-electron chi connectivity index (χ2n) is 3.23. The lowest BCUT2D eigenvalue weighted by Crippen LogP contribution is -2.22. The second kappa shape index (κ2) is 5.09. The van der Waals surface area contributed by atoms with E-state index in [1.165, 1.54) is 12.3 Å². The van der Waals surface area contributed by atoms with Crippen LogP contribution in [0.2, 0.25) is 0 Å². The highest BCUT2D eigenvalue weighted by Crippen LogP contribution is 2.07. The topological polar surface area (TPSA) is 74.8 Å². The Hall–Kier alpha value is -1.70. The average molecular weight is 341 g/mol. The van der Waals surface area contributed by atoms with Gasteiger partial charge in [-0.1, -0.05) is 0 Å². The molecular formula is C11H8IN3O2. The van der Waals surface area contributed by atoms with E-state index in [2.05, 4.69) is 37.9 Å². The third-order valence-corrected chi connectivity index (χ3v) is 2.67. The van der Waals surface area contributed by atoms with Crippen molar-refractivity contribution in [2.45, 2.75) is 0 Å². The maximum atomic E-state index is 11.7. The van der Waals surface area contributed by atoms with Gasteiger partial charge in [0.15, 0.2) is 0 Å². The van der Waals surface area contributed by atoms with Crippen LogP contribution in [-0.2, 0) is 0 Å². The van der Waals surface area contributed by atoms with Crippen molar-refractivity contribution in [2.75, 3.05) is 5.32 Å². The predicted molar refractivity (Wildman–Crippen MR) is 72.0 cm³/mol. The quantitative estimate of drug-likeness (QED) is 0.816. The lowest BCUT2D eigenvalue weighted by molar-refractivity contribution is 0.102. The number of aromatic nitrogens is 2. The summed E-state index contributed by atoms with van der Waals surface area (Å²) in [6.45, 7) is 0. The summed E-state index contributed by atoms with van der Waals surface area (Å²) in [6.07, 6.45) is 3.10. The van der Waals surface area contributed by atoms with E-state index in [1.54, 1.807) is 18.3 Å². The third kappa shape index (κ3) is 2.90. The van der Waals surface area contributed by atoms with Crippen molar-refractivity contribution >= 4 is 34.3 Å². The molecule has 0 radical (unpaired) electrons. The van der Waals surface area contributed by atoms with E-state index in [0.717, 1.165) is 3.57 Å². The van der Waals surface area contributed by atoms with Crippen molar-refractivity contribution in [1.29, 1.82) is 0 Å². The van der Waals surface area contributed by atoms with E-state index >= 15 is 0 Å². The third-order valence-electron chi connectivity index (χ3n) is 2.03. The lowest BCUT2D eigenvalue weighted by Gasteiger charge is -2.03. The Bertz CT molecular complexity index is 592. The normalized spacial score (nSPS) is 9.94. The second-order valence-corrected chi connectivity index (χ2v) is 4.47. The predicted octanol–water partition coefficient (Wildman–Crippen LogP) is 1.63. The molecule has 2 aromatic heterocycles. The van der Waals surface area contributed by atoms with Gasteiger partial charge in [0.2, 0.25) is 0 Å². The summed E-state index contributed by atoms with van der Waals surface area (Å²) in [4.78, 5) is 29.6. The van der Waals surface area contributed by atoms with Gasteiger partial charge in [-0.2, -0.15) is 0 Å². The Morgan fingerprint density at radius 1 is 1.35 bits per heavy atom. The van der Waals surface area contributed by atoms with Crippen LogP contribution < -0.4 is 10.9 Å². The minimum atomic E-state index is -0.472. The van der Waals surface area contributed by atoms with Gasteiger partial charge in [0.25, 0.3) is 11.5 Å². The number of nitrogens with zero attached hydrogens (tertiary/aromatic N) is 1. The minimum absolute atomic E-state index is 0.0628. The van der Waals surface area contributed by atoms with Gasteiger partial charge in [-0.25, -0.2) is 4.98 Å². The number of carbonyl (C=O) groups is 1. The first-order chi connectivity index (χ1) is 8.16. The minimum Gasteiger partial charge on any atom is -0.328 e. The molecule has 2 heterocycles. The standard InChI is InChI=1S/C11H8IN3O2/c12-7-3-4-9(14-6-7)15-11(17)8-2-1-5-13-10(8)16/h1-6H,(H,13,16)(H,14,15,17). The van der Waals surface area contributed by atoms with Crippen molar-refractivity contribution < 1.29 is 4.79 Å². The van der Waals surface area contributed by atoms with E-state index in [0.29, 0.717) is 5.82 Å². The summed E-state index contributed by atoms with van der Waals surface area (Å²) in [6, 6.07) is 6.55. The van der Waals surface area contributed by atoms with Crippen molar-refractivity contribution in [3.05, 3.63) is 56.1 Å². The van der Waals surface area contributed by atoms with Gasteiger partial charge in [-0.15, -0.1) is 0 Å². The summed E-state index contributed by atoms with van der Waals surface area (Å²) < 4.78 is 0.971. The van der Waals surface area contributed by atoms with Crippen LogP contribution >= 0.6 is 22.6 Å². The SMILES string of the molecule is O=C(Nc1ccc(I)cn1)c1ccc[nH]c1=O. The first kappa shape index (κ1) is 11.8. The summed E-state index contributed by atoms with van der Waals surface area (Å²) in [7, 11) is 0. The molecule has 0 saturated heterocycles. The Kier molecular flexibility index (Phi) is 3.52. The van der Waals surface area contributed by atoms with Gasteiger partial charge in [-0.05, 0) is 46.9 Å². The zero-order chi connectivity index (χ0) is 12.3. The van der Waals surface area contributed by atoms with Gasteiger partial charge in [0.1, 0.15) is 11.4 Å². The number of hydrogen-bond donors (Lipinski definition) is 2. The molecule has 86 valence electrons. The molecule has 0 aromatic carbocycles. The fraction of sp³-hybridized carbons (Fsp3) is 0. The number of aromatic amines is 1. The van der Waals surface area contributed by atoms with E-state index in [9.17, 15) is 9.59 Å². The van der Waals surface area contributed by atoms with Crippen LogP contribution in [0.4, 0.5) is 5.82 Å². The maximum Gasteiger partial charge on any atom is 0.262 e. The summed E-state index contributed by atoms with van der Waals surface area (Å²) in [5.74, 6) is -0.0563. The molecule has 17 heavy (non-hydrogen) atoms. The number of rotatable bonds is 2. The molecule has 0 aliphatic rings. The van der Waals surface area contributed by atoms with E-state index in [1.807, 2.05) is 6.07 Å². The first-order valence-corrected chi connectivity index (χ1v) is 5.85. The van der Waals surface area contributed by atoms with E-state index < -0.39 is 11.5 Å². The van der Waals surface area contributed by atoms with Gasteiger partial charge < -0.3 is 10.3 Å². The zero-order valence-electron chi connectivity index (χ0n) is 8.61. The van der Waals surface area contributed by atoms with Crippen LogP contribution in [0.3, 0.4) is 0 Å². The van der Waals surface area contributed by atoms with Crippen molar-refractivity contribution in [2.24, 2.45) is 0 Å². The number of H-pyrrole nitrogens is 1.